The van der Waals surface area contributed by atoms with Crippen molar-refractivity contribution >= 4 is 11.8 Å². The summed E-state index contributed by atoms with van der Waals surface area (Å²) < 4.78 is 6.70. The molecule has 21 heavy (non-hydrogen) atoms. The Morgan fingerprint density at radius 1 is 1.19 bits per heavy atom. The van der Waals surface area contributed by atoms with Gasteiger partial charge < -0.3 is 4.74 Å². The van der Waals surface area contributed by atoms with E-state index in [1.807, 2.05) is 26.0 Å². The summed E-state index contributed by atoms with van der Waals surface area (Å²) in [6, 6.07) is 5.45. The Bertz CT molecular complexity index is 689. The van der Waals surface area contributed by atoms with E-state index in [0.29, 0.717) is 11.1 Å². The van der Waals surface area contributed by atoms with Crippen LogP contribution in [0.5, 0.6) is 0 Å². The van der Waals surface area contributed by atoms with Crippen molar-refractivity contribution in [2.75, 3.05) is 0 Å². The predicted octanol–water partition coefficient (Wildman–Crippen LogP) is 2.47. The molecule has 1 aromatic carbocycles. The van der Waals surface area contributed by atoms with Gasteiger partial charge in [0, 0.05) is 18.8 Å². The zero-order chi connectivity index (χ0) is 15.6. The van der Waals surface area contributed by atoms with E-state index in [1.54, 1.807) is 26.2 Å². The average molecular weight is 286 g/mol. The number of esters is 1. The molecule has 5 heteroatoms. The van der Waals surface area contributed by atoms with E-state index in [2.05, 4.69) is 5.10 Å². The summed E-state index contributed by atoms with van der Waals surface area (Å²) in [6.45, 7) is 5.50. The first-order valence-corrected chi connectivity index (χ1v) is 6.69. The van der Waals surface area contributed by atoms with Crippen molar-refractivity contribution in [1.82, 2.24) is 9.78 Å². The van der Waals surface area contributed by atoms with Crippen LogP contribution in [0.2, 0.25) is 0 Å². The summed E-state index contributed by atoms with van der Waals surface area (Å²) in [6.07, 6.45) is 2.13. The van der Waals surface area contributed by atoms with Gasteiger partial charge in [-0.2, -0.15) is 5.10 Å². The van der Waals surface area contributed by atoms with Gasteiger partial charge in [0.1, 0.15) is 0 Å². The van der Waals surface area contributed by atoms with Crippen LogP contribution in [0.3, 0.4) is 0 Å². The van der Waals surface area contributed by atoms with Gasteiger partial charge in [0.2, 0.25) is 5.78 Å². The maximum Gasteiger partial charge on any atom is 0.342 e. The number of hydrogen-bond donors (Lipinski definition) is 0. The molecule has 0 aliphatic rings. The van der Waals surface area contributed by atoms with Gasteiger partial charge in [0.25, 0.3) is 0 Å². The number of carbonyl (C=O) groups excluding carboxylic acids is 2. The van der Waals surface area contributed by atoms with Crippen LogP contribution in [0, 0.1) is 13.8 Å². The third kappa shape index (κ3) is 3.37. The quantitative estimate of drug-likeness (QED) is 0.640. The number of rotatable bonds is 4. The van der Waals surface area contributed by atoms with Gasteiger partial charge in [-0.25, -0.2) is 4.79 Å². The van der Waals surface area contributed by atoms with Crippen LogP contribution in [0.1, 0.15) is 38.8 Å². The van der Waals surface area contributed by atoms with Gasteiger partial charge in [-0.1, -0.05) is 12.1 Å². The molecule has 1 unspecified atom stereocenters. The van der Waals surface area contributed by atoms with Crippen LogP contribution in [0.25, 0.3) is 0 Å². The summed E-state index contributed by atoms with van der Waals surface area (Å²) in [4.78, 5) is 24.2. The van der Waals surface area contributed by atoms with Gasteiger partial charge >= 0.3 is 5.97 Å². The third-order valence-electron chi connectivity index (χ3n) is 3.39. The molecule has 2 aromatic rings. The van der Waals surface area contributed by atoms with Gasteiger partial charge in [-0.3, -0.25) is 9.48 Å². The number of carbonyl (C=O) groups is 2. The van der Waals surface area contributed by atoms with Gasteiger partial charge in [0.05, 0.1) is 11.8 Å². The molecule has 0 fully saturated rings. The van der Waals surface area contributed by atoms with E-state index >= 15 is 0 Å². The highest BCUT2D eigenvalue weighted by molar-refractivity contribution is 6.01. The second-order valence-electron chi connectivity index (χ2n) is 5.11. The van der Waals surface area contributed by atoms with E-state index in [9.17, 15) is 9.59 Å². The normalized spacial score (nSPS) is 12.0. The van der Waals surface area contributed by atoms with Crippen LogP contribution < -0.4 is 0 Å². The molecule has 5 nitrogen and oxygen atoms in total. The minimum atomic E-state index is -0.834. The molecule has 0 amide bonds. The van der Waals surface area contributed by atoms with Gasteiger partial charge in [-0.15, -0.1) is 0 Å². The Balaban J connectivity index is 2.08. The number of ether oxygens (including phenoxy) is 1. The summed E-state index contributed by atoms with van der Waals surface area (Å²) in [5.41, 5.74) is 3.03. The Kier molecular flexibility index (Phi) is 4.21. The van der Waals surface area contributed by atoms with Crippen LogP contribution >= 0.6 is 0 Å². The molecule has 1 aromatic heterocycles. The Labute approximate surface area is 123 Å². The molecular weight excluding hydrogens is 268 g/mol. The zero-order valence-corrected chi connectivity index (χ0v) is 12.6. The topological polar surface area (TPSA) is 61.2 Å². The highest BCUT2D eigenvalue weighted by Gasteiger charge is 2.21. The average Bonchev–Trinajstić information content (AvgIpc) is 2.87. The summed E-state index contributed by atoms with van der Waals surface area (Å²) in [5.74, 6) is -0.761. The van der Waals surface area contributed by atoms with Crippen molar-refractivity contribution in [2.24, 2.45) is 7.05 Å². The van der Waals surface area contributed by atoms with Crippen LogP contribution in [-0.4, -0.2) is 27.6 Å². The smallest absolute Gasteiger partial charge is 0.342 e. The molecule has 0 saturated carbocycles. The van der Waals surface area contributed by atoms with Crippen molar-refractivity contribution in [3.05, 3.63) is 52.8 Å². The lowest BCUT2D eigenvalue weighted by Gasteiger charge is -2.12. The zero-order valence-electron chi connectivity index (χ0n) is 12.6. The maximum atomic E-state index is 12.3. The molecule has 1 heterocycles. The van der Waals surface area contributed by atoms with E-state index in [0.717, 1.165) is 11.1 Å². The number of Topliss-reactive ketones (excluding diaryl/α,β-unsaturated/α-hetero) is 1. The molecule has 0 bridgehead atoms. The number of nitrogens with zero attached hydrogens (tertiary/aromatic N) is 2. The third-order valence-corrected chi connectivity index (χ3v) is 3.39. The largest absolute Gasteiger partial charge is 0.451 e. The first-order chi connectivity index (χ1) is 9.88. The molecule has 2 rings (SSSR count). The molecular formula is C16H18N2O3. The summed E-state index contributed by atoms with van der Waals surface area (Å²) >= 11 is 0. The van der Waals surface area contributed by atoms with Crippen LogP contribution in [0.15, 0.2) is 30.6 Å². The second-order valence-corrected chi connectivity index (χ2v) is 5.11. The first-order valence-electron chi connectivity index (χ1n) is 6.69. The number of hydrogen-bond acceptors (Lipinski definition) is 4. The molecule has 0 radical (unpaired) electrons. The Hall–Kier alpha value is -2.43. The molecule has 0 spiro atoms. The molecule has 0 aliphatic heterocycles. The van der Waals surface area contributed by atoms with E-state index < -0.39 is 12.1 Å². The number of aromatic nitrogens is 2. The molecule has 0 saturated heterocycles. The lowest BCUT2D eigenvalue weighted by molar-refractivity contribution is 0.0318. The second kappa shape index (κ2) is 5.91. The monoisotopic (exact) mass is 286 g/mol. The van der Waals surface area contributed by atoms with Gasteiger partial charge in [0.15, 0.2) is 6.10 Å². The Morgan fingerprint density at radius 2 is 1.90 bits per heavy atom. The summed E-state index contributed by atoms with van der Waals surface area (Å²) in [5, 5.41) is 3.90. The van der Waals surface area contributed by atoms with E-state index in [4.69, 9.17) is 4.74 Å². The molecule has 110 valence electrons. The van der Waals surface area contributed by atoms with Crippen molar-refractivity contribution < 1.29 is 14.3 Å². The van der Waals surface area contributed by atoms with Crippen LogP contribution in [0.4, 0.5) is 0 Å². The standard InChI is InChI=1S/C16H18N2O3/c1-10-5-6-13(7-11(10)2)15(19)12(3)21-16(20)14-8-17-18(4)9-14/h5-9,12H,1-4H3. The highest BCUT2D eigenvalue weighted by Crippen LogP contribution is 2.14. The van der Waals surface area contributed by atoms with Crippen molar-refractivity contribution in [3.8, 4) is 0 Å². The van der Waals surface area contributed by atoms with Crippen molar-refractivity contribution in [2.45, 2.75) is 26.9 Å². The van der Waals surface area contributed by atoms with Crippen LogP contribution in [-0.2, 0) is 11.8 Å². The fraction of sp³-hybridized carbons (Fsp3) is 0.312. The first kappa shape index (κ1) is 15.0. The predicted molar refractivity (Wildman–Crippen MR) is 78.3 cm³/mol. The van der Waals surface area contributed by atoms with Gasteiger partial charge in [-0.05, 0) is 38.0 Å². The SMILES string of the molecule is Cc1ccc(C(=O)C(C)OC(=O)c2cnn(C)c2)cc1C. The fourth-order valence-electron chi connectivity index (χ4n) is 1.94. The lowest BCUT2D eigenvalue weighted by Crippen LogP contribution is -2.24. The van der Waals surface area contributed by atoms with Crippen molar-refractivity contribution in [1.29, 1.82) is 0 Å². The minimum absolute atomic E-state index is 0.213. The van der Waals surface area contributed by atoms with E-state index in [1.165, 1.54) is 10.9 Å². The van der Waals surface area contributed by atoms with Crippen molar-refractivity contribution in [3.63, 3.8) is 0 Å². The number of benzene rings is 1. The minimum Gasteiger partial charge on any atom is -0.451 e. The maximum absolute atomic E-state index is 12.3. The van der Waals surface area contributed by atoms with E-state index in [-0.39, 0.29) is 5.78 Å². The molecule has 0 aliphatic carbocycles. The number of aryl methyl sites for hydroxylation is 3. The number of ketones is 1. The Morgan fingerprint density at radius 3 is 2.48 bits per heavy atom. The molecule has 0 N–H and O–H groups in total. The fourth-order valence-corrected chi connectivity index (χ4v) is 1.94. The highest BCUT2D eigenvalue weighted by atomic mass is 16.5. The summed E-state index contributed by atoms with van der Waals surface area (Å²) in [7, 11) is 1.71. The molecule has 1 atom stereocenters. The lowest BCUT2D eigenvalue weighted by atomic mass is 10.0.